The van der Waals surface area contributed by atoms with Crippen LogP contribution in [0.25, 0.3) is 11.1 Å². The summed E-state index contributed by atoms with van der Waals surface area (Å²) >= 11 is 0. The van der Waals surface area contributed by atoms with Gasteiger partial charge in [-0.1, -0.05) is 19.3 Å². The van der Waals surface area contributed by atoms with Gasteiger partial charge in [0.25, 0.3) is 6.01 Å². The van der Waals surface area contributed by atoms with Crippen LogP contribution in [0.1, 0.15) is 51.4 Å². The molecule has 2 fully saturated rings. The van der Waals surface area contributed by atoms with Crippen LogP contribution in [0.4, 0.5) is 6.01 Å². The van der Waals surface area contributed by atoms with Gasteiger partial charge in [0.1, 0.15) is 11.3 Å². The molecule has 1 aromatic heterocycles. The topological polar surface area (TPSA) is 87.8 Å². The van der Waals surface area contributed by atoms with E-state index in [-0.39, 0.29) is 11.8 Å². The van der Waals surface area contributed by atoms with Gasteiger partial charge < -0.3 is 24.5 Å². The van der Waals surface area contributed by atoms with Gasteiger partial charge in [0.05, 0.1) is 12.7 Å². The third kappa shape index (κ3) is 4.83. The Hall–Kier alpha value is -2.28. The van der Waals surface area contributed by atoms with Crippen molar-refractivity contribution in [1.29, 1.82) is 0 Å². The lowest BCUT2D eigenvalue weighted by atomic mass is 9.85. The molecule has 2 N–H and O–H groups in total. The first-order valence-corrected chi connectivity index (χ1v) is 10.7. The van der Waals surface area contributed by atoms with Crippen molar-refractivity contribution in [2.75, 3.05) is 31.6 Å². The maximum absolute atomic E-state index is 12.5. The highest BCUT2D eigenvalue weighted by Gasteiger charge is 2.30. The lowest BCUT2D eigenvalue weighted by molar-refractivity contribution is -0.123. The molecule has 1 aliphatic heterocycles. The third-order valence-corrected chi connectivity index (χ3v) is 6.25. The number of hydrogen-bond acceptors (Lipinski definition) is 6. The molecule has 2 aliphatic rings. The van der Waals surface area contributed by atoms with E-state index in [0.717, 1.165) is 68.5 Å². The molecule has 158 valence electrons. The second-order valence-corrected chi connectivity index (χ2v) is 8.55. The summed E-state index contributed by atoms with van der Waals surface area (Å²) in [6, 6.07) is 6.21. The van der Waals surface area contributed by atoms with E-state index in [4.69, 9.17) is 9.15 Å². The number of benzene rings is 1. The van der Waals surface area contributed by atoms with Gasteiger partial charge in [0, 0.05) is 32.1 Å². The molecule has 1 atom stereocenters. The third-order valence-electron chi connectivity index (χ3n) is 6.25. The molecule has 2 aromatic rings. The Bertz CT molecular complexity index is 844. The summed E-state index contributed by atoms with van der Waals surface area (Å²) in [6.07, 6.45) is 7.32. The monoisotopic (exact) mass is 401 g/mol. The van der Waals surface area contributed by atoms with E-state index in [1.165, 1.54) is 6.42 Å². The summed E-state index contributed by atoms with van der Waals surface area (Å²) in [5.41, 5.74) is 0.799. The SMILES string of the molecule is COc1ccc2oc(N3CCCC(CC(=O)NCC4(O)CCCCC4)C3)nc2c1. The number of rotatable bonds is 6. The number of carbonyl (C=O) groups is 1. The van der Waals surface area contributed by atoms with E-state index >= 15 is 0 Å². The molecular formula is C22H31N3O4. The number of carbonyl (C=O) groups excluding carboxylic acids is 1. The van der Waals surface area contributed by atoms with Gasteiger partial charge in [-0.15, -0.1) is 0 Å². The normalized spacial score (nSPS) is 21.9. The van der Waals surface area contributed by atoms with Crippen LogP contribution in [0.3, 0.4) is 0 Å². The molecule has 1 aromatic carbocycles. The zero-order valence-electron chi connectivity index (χ0n) is 17.2. The van der Waals surface area contributed by atoms with Crippen molar-refractivity contribution in [3.8, 4) is 5.75 Å². The van der Waals surface area contributed by atoms with Crippen molar-refractivity contribution in [1.82, 2.24) is 10.3 Å². The Morgan fingerprint density at radius 2 is 2.17 bits per heavy atom. The lowest BCUT2D eigenvalue weighted by Crippen LogP contribution is -2.45. The number of anilines is 1. The van der Waals surface area contributed by atoms with E-state index in [1.54, 1.807) is 7.11 Å². The molecule has 1 aliphatic carbocycles. The van der Waals surface area contributed by atoms with Crippen LogP contribution in [0.15, 0.2) is 22.6 Å². The Kier molecular flexibility index (Phi) is 5.94. The van der Waals surface area contributed by atoms with Crippen molar-refractivity contribution in [3.05, 3.63) is 18.2 Å². The molecule has 0 bridgehead atoms. The molecule has 1 saturated carbocycles. The van der Waals surface area contributed by atoms with Crippen LogP contribution in [0, 0.1) is 5.92 Å². The molecule has 1 saturated heterocycles. The highest BCUT2D eigenvalue weighted by molar-refractivity contribution is 5.77. The lowest BCUT2D eigenvalue weighted by Gasteiger charge is -2.33. The van der Waals surface area contributed by atoms with Crippen molar-refractivity contribution in [2.24, 2.45) is 5.92 Å². The zero-order chi connectivity index (χ0) is 20.3. The van der Waals surface area contributed by atoms with Gasteiger partial charge in [0.15, 0.2) is 5.58 Å². The summed E-state index contributed by atoms with van der Waals surface area (Å²) in [4.78, 5) is 19.2. The average molecular weight is 402 g/mol. The molecule has 7 heteroatoms. The summed E-state index contributed by atoms with van der Waals surface area (Å²) in [5, 5.41) is 13.5. The number of aromatic nitrogens is 1. The van der Waals surface area contributed by atoms with Crippen molar-refractivity contribution in [3.63, 3.8) is 0 Å². The minimum Gasteiger partial charge on any atom is -0.497 e. The number of aliphatic hydroxyl groups is 1. The van der Waals surface area contributed by atoms with E-state index in [1.807, 2.05) is 18.2 Å². The average Bonchev–Trinajstić information content (AvgIpc) is 3.16. The largest absolute Gasteiger partial charge is 0.497 e. The smallest absolute Gasteiger partial charge is 0.298 e. The minimum atomic E-state index is -0.717. The predicted octanol–water partition coefficient (Wildman–Crippen LogP) is 3.25. The number of fused-ring (bicyclic) bond motifs is 1. The standard InChI is InChI=1S/C22H31N3O4/c1-28-17-7-8-19-18(13-17)24-21(29-19)25-11-5-6-16(14-25)12-20(26)23-15-22(27)9-3-2-4-10-22/h7-8,13,16,27H,2-6,9-12,14-15H2,1H3,(H,23,26). The molecule has 7 nitrogen and oxygen atoms in total. The van der Waals surface area contributed by atoms with E-state index in [0.29, 0.717) is 19.0 Å². The quantitative estimate of drug-likeness (QED) is 0.773. The predicted molar refractivity (Wildman–Crippen MR) is 111 cm³/mol. The summed E-state index contributed by atoms with van der Waals surface area (Å²) in [6.45, 7) is 2.00. The summed E-state index contributed by atoms with van der Waals surface area (Å²) < 4.78 is 11.2. The Balaban J connectivity index is 1.32. The molecule has 0 spiro atoms. The van der Waals surface area contributed by atoms with Gasteiger partial charge in [-0.3, -0.25) is 4.79 Å². The number of methoxy groups -OCH3 is 1. The fourth-order valence-electron chi connectivity index (χ4n) is 4.55. The molecule has 0 radical (unpaired) electrons. The van der Waals surface area contributed by atoms with Crippen molar-refractivity contribution < 1.29 is 19.1 Å². The number of oxazole rings is 1. The minimum absolute atomic E-state index is 0.0261. The number of nitrogens with zero attached hydrogens (tertiary/aromatic N) is 2. The van der Waals surface area contributed by atoms with Crippen LogP contribution in [-0.4, -0.2) is 48.3 Å². The Morgan fingerprint density at radius 1 is 1.34 bits per heavy atom. The van der Waals surface area contributed by atoms with Crippen molar-refractivity contribution >= 4 is 23.0 Å². The van der Waals surface area contributed by atoms with Crippen molar-refractivity contribution in [2.45, 2.75) is 57.0 Å². The maximum atomic E-state index is 12.5. The highest BCUT2D eigenvalue weighted by Crippen LogP contribution is 2.30. The zero-order valence-corrected chi connectivity index (χ0v) is 17.2. The maximum Gasteiger partial charge on any atom is 0.298 e. The second-order valence-electron chi connectivity index (χ2n) is 8.55. The van der Waals surface area contributed by atoms with Crippen LogP contribution < -0.4 is 15.0 Å². The van der Waals surface area contributed by atoms with Gasteiger partial charge >= 0.3 is 0 Å². The number of hydrogen-bond donors (Lipinski definition) is 2. The molecule has 4 rings (SSSR count). The Labute approximate surface area is 171 Å². The highest BCUT2D eigenvalue weighted by atomic mass is 16.5. The van der Waals surface area contributed by atoms with Crippen LogP contribution in [-0.2, 0) is 4.79 Å². The fourth-order valence-corrected chi connectivity index (χ4v) is 4.55. The summed E-state index contributed by atoms with van der Waals surface area (Å²) in [5.74, 6) is 1.04. The first-order valence-electron chi connectivity index (χ1n) is 10.7. The number of nitrogens with one attached hydrogen (secondary N) is 1. The fraction of sp³-hybridized carbons (Fsp3) is 0.636. The van der Waals surface area contributed by atoms with Crippen LogP contribution in [0.2, 0.25) is 0 Å². The first-order chi connectivity index (χ1) is 14.0. The number of ether oxygens (including phenoxy) is 1. The molecule has 1 unspecified atom stereocenters. The molecule has 29 heavy (non-hydrogen) atoms. The molecule has 2 heterocycles. The Morgan fingerprint density at radius 3 is 2.97 bits per heavy atom. The van der Waals surface area contributed by atoms with E-state index < -0.39 is 5.60 Å². The summed E-state index contributed by atoms with van der Waals surface area (Å²) in [7, 11) is 1.63. The van der Waals surface area contributed by atoms with Gasteiger partial charge in [-0.05, 0) is 43.7 Å². The molecule has 1 amide bonds. The van der Waals surface area contributed by atoms with E-state index in [2.05, 4.69) is 15.2 Å². The van der Waals surface area contributed by atoms with Gasteiger partial charge in [-0.25, -0.2) is 0 Å². The molecular weight excluding hydrogens is 370 g/mol. The van der Waals surface area contributed by atoms with Crippen LogP contribution in [0.5, 0.6) is 5.75 Å². The van der Waals surface area contributed by atoms with Crippen LogP contribution >= 0.6 is 0 Å². The number of amides is 1. The van der Waals surface area contributed by atoms with Gasteiger partial charge in [-0.2, -0.15) is 4.98 Å². The first kappa shape index (κ1) is 20.0. The number of piperidine rings is 1. The second kappa shape index (κ2) is 8.61. The van der Waals surface area contributed by atoms with Gasteiger partial charge in [0.2, 0.25) is 5.91 Å². The van der Waals surface area contributed by atoms with E-state index in [9.17, 15) is 9.90 Å².